The number of aromatic nitrogens is 6. The third-order valence-electron chi connectivity index (χ3n) is 4.33. The van der Waals surface area contributed by atoms with Gasteiger partial charge < -0.3 is 4.74 Å². The molecule has 0 unspecified atom stereocenters. The van der Waals surface area contributed by atoms with Gasteiger partial charge in [0.15, 0.2) is 17.2 Å². The van der Waals surface area contributed by atoms with Gasteiger partial charge in [-0.2, -0.15) is 18.3 Å². The molecular weight excluding hydrogens is 409 g/mol. The van der Waals surface area contributed by atoms with Crippen LogP contribution < -0.4 is 0 Å². The van der Waals surface area contributed by atoms with Crippen LogP contribution in [0, 0.1) is 13.8 Å². The highest BCUT2D eigenvalue weighted by Gasteiger charge is 2.34. The number of thiophene rings is 1. The highest BCUT2D eigenvalue weighted by Crippen LogP contribution is 2.32. The number of ether oxygens (including phenoxy) is 1. The quantitative estimate of drug-likeness (QED) is 0.467. The summed E-state index contributed by atoms with van der Waals surface area (Å²) < 4.78 is 46.3. The number of esters is 1. The Bertz CT molecular complexity index is 1240. The molecule has 12 heteroatoms. The van der Waals surface area contributed by atoms with Gasteiger partial charge >= 0.3 is 12.1 Å². The molecule has 0 atom stereocenters. The van der Waals surface area contributed by atoms with Gasteiger partial charge in [-0.25, -0.2) is 19.3 Å². The number of nitrogens with zero attached hydrogens (tertiary/aromatic N) is 6. The maximum absolute atomic E-state index is 12.9. The standard InChI is InChI=1S/C17H15F3N6O2S/c1-4-28-16(27)13-9(3)12-14-22-11(24-26(14)7-21-15(12)29-13)6-25-8(2)5-10(23-25)17(18,19)20/h5,7H,4,6H2,1-3H3. The molecule has 152 valence electrons. The molecular formula is C17H15F3N6O2S. The summed E-state index contributed by atoms with van der Waals surface area (Å²) in [5.41, 5.74) is 0.525. The summed E-state index contributed by atoms with van der Waals surface area (Å²) in [6.45, 7) is 5.26. The van der Waals surface area contributed by atoms with Crippen molar-refractivity contribution in [1.82, 2.24) is 29.4 Å². The number of aryl methyl sites for hydroxylation is 2. The van der Waals surface area contributed by atoms with Crippen LogP contribution in [-0.2, 0) is 17.5 Å². The van der Waals surface area contributed by atoms with E-state index >= 15 is 0 Å². The largest absolute Gasteiger partial charge is 0.462 e. The van der Waals surface area contributed by atoms with Crippen LogP contribution >= 0.6 is 11.3 Å². The van der Waals surface area contributed by atoms with Crippen LogP contribution in [0.1, 0.15) is 39.4 Å². The first-order valence-electron chi connectivity index (χ1n) is 8.61. The monoisotopic (exact) mass is 424 g/mol. The van der Waals surface area contributed by atoms with E-state index in [1.54, 1.807) is 13.8 Å². The molecule has 0 fully saturated rings. The predicted octanol–water partition coefficient (Wildman–Crippen LogP) is 3.40. The van der Waals surface area contributed by atoms with Crippen molar-refractivity contribution in [3.63, 3.8) is 0 Å². The van der Waals surface area contributed by atoms with Gasteiger partial charge in [-0.3, -0.25) is 4.68 Å². The molecule has 8 nitrogen and oxygen atoms in total. The number of carbonyl (C=O) groups is 1. The smallest absolute Gasteiger partial charge is 0.435 e. The lowest BCUT2D eigenvalue weighted by molar-refractivity contribution is -0.141. The minimum Gasteiger partial charge on any atom is -0.462 e. The van der Waals surface area contributed by atoms with Crippen LogP contribution in [0.5, 0.6) is 0 Å². The Balaban J connectivity index is 1.76. The van der Waals surface area contributed by atoms with E-state index < -0.39 is 17.8 Å². The lowest BCUT2D eigenvalue weighted by Gasteiger charge is -2.01. The van der Waals surface area contributed by atoms with Crippen molar-refractivity contribution in [3.8, 4) is 0 Å². The molecule has 4 aromatic rings. The van der Waals surface area contributed by atoms with Crippen LogP contribution in [-0.4, -0.2) is 41.9 Å². The van der Waals surface area contributed by atoms with Crippen molar-refractivity contribution in [3.05, 3.63) is 40.0 Å². The van der Waals surface area contributed by atoms with E-state index in [0.29, 0.717) is 32.0 Å². The SMILES string of the molecule is CCOC(=O)c1sc2ncn3nc(Cn4nc(C(F)(F)F)cc4C)nc3c2c1C. The number of halogens is 3. The van der Waals surface area contributed by atoms with E-state index in [1.165, 1.54) is 33.8 Å². The first-order chi connectivity index (χ1) is 13.7. The summed E-state index contributed by atoms with van der Waals surface area (Å²) in [4.78, 5) is 22.0. The van der Waals surface area contributed by atoms with Gasteiger partial charge in [0.1, 0.15) is 22.6 Å². The van der Waals surface area contributed by atoms with Crippen molar-refractivity contribution in [2.75, 3.05) is 6.61 Å². The minimum atomic E-state index is -4.52. The summed E-state index contributed by atoms with van der Waals surface area (Å²) in [6.07, 6.45) is -3.06. The fraction of sp³-hybridized carbons (Fsp3) is 0.353. The topological polar surface area (TPSA) is 87.2 Å². The summed E-state index contributed by atoms with van der Waals surface area (Å²) in [6, 6.07) is 0.976. The molecule has 0 saturated carbocycles. The van der Waals surface area contributed by atoms with E-state index in [1.807, 2.05) is 0 Å². The zero-order valence-electron chi connectivity index (χ0n) is 15.6. The maximum atomic E-state index is 12.9. The van der Waals surface area contributed by atoms with Crippen molar-refractivity contribution >= 4 is 33.2 Å². The van der Waals surface area contributed by atoms with Crippen molar-refractivity contribution in [1.29, 1.82) is 0 Å². The Hall–Kier alpha value is -3.02. The van der Waals surface area contributed by atoms with E-state index in [4.69, 9.17) is 4.74 Å². The third-order valence-corrected chi connectivity index (χ3v) is 5.51. The second-order valence-electron chi connectivity index (χ2n) is 6.32. The Labute approximate surface area is 165 Å². The molecule has 0 bridgehead atoms. The van der Waals surface area contributed by atoms with Crippen LogP contribution in [0.2, 0.25) is 0 Å². The Kier molecular flexibility index (Phi) is 4.52. The van der Waals surface area contributed by atoms with E-state index in [2.05, 4.69) is 20.2 Å². The van der Waals surface area contributed by atoms with E-state index in [0.717, 1.165) is 6.07 Å². The molecule has 0 N–H and O–H groups in total. The fourth-order valence-corrected chi connectivity index (χ4v) is 4.02. The lowest BCUT2D eigenvalue weighted by atomic mass is 10.2. The second kappa shape index (κ2) is 6.79. The molecule has 0 aliphatic rings. The van der Waals surface area contributed by atoms with Crippen LogP contribution in [0.4, 0.5) is 13.2 Å². The predicted molar refractivity (Wildman–Crippen MR) is 97.9 cm³/mol. The van der Waals surface area contributed by atoms with Crippen LogP contribution in [0.15, 0.2) is 12.4 Å². The molecule has 0 spiro atoms. The molecule has 0 aliphatic carbocycles. The molecule has 4 rings (SSSR count). The number of alkyl halides is 3. The molecule has 0 saturated heterocycles. The fourth-order valence-electron chi connectivity index (χ4n) is 2.98. The van der Waals surface area contributed by atoms with Gasteiger partial charge in [-0.1, -0.05) is 0 Å². The molecule has 0 radical (unpaired) electrons. The molecule has 0 amide bonds. The van der Waals surface area contributed by atoms with Gasteiger partial charge in [-0.05, 0) is 32.4 Å². The van der Waals surface area contributed by atoms with E-state index in [-0.39, 0.29) is 19.0 Å². The zero-order valence-corrected chi connectivity index (χ0v) is 16.4. The summed E-state index contributed by atoms with van der Waals surface area (Å²) in [5, 5.41) is 8.55. The van der Waals surface area contributed by atoms with Gasteiger partial charge in [0.05, 0.1) is 12.0 Å². The summed E-state index contributed by atoms with van der Waals surface area (Å²) in [5.74, 6) is -0.153. The molecule has 29 heavy (non-hydrogen) atoms. The Morgan fingerprint density at radius 3 is 2.69 bits per heavy atom. The first kappa shape index (κ1) is 19.3. The van der Waals surface area contributed by atoms with E-state index in [9.17, 15) is 18.0 Å². The highest BCUT2D eigenvalue weighted by atomic mass is 32.1. The van der Waals surface area contributed by atoms with Gasteiger partial charge in [0.25, 0.3) is 0 Å². The second-order valence-corrected chi connectivity index (χ2v) is 7.32. The van der Waals surface area contributed by atoms with Crippen LogP contribution in [0.25, 0.3) is 15.9 Å². The number of hydrogen-bond donors (Lipinski definition) is 0. The Morgan fingerprint density at radius 2 is 2.03 bits per heavy atom. The number of carbonyl (C=O) groups excluding carboxylic acids is 1. The number of hydrogen-bond acceptors (Lipinski definition) is 7. The van der Waals surface area contributed by atoms with Crippen molar-refractivity contribution < 1.29 is 22.7 Å². The van der Waals surface area contributed by atoms with Gasteiger partial charge in [0, 0.05) is 5.69 Å². The molecule has 4 heterocycles. The molecule has 4 aromatic heterocycles. The van der Waals surface area contributed by atoms with Crippen LogP contribution in [0.3, 0.4) is 0 Å². The minimum absolute atomic E-state index is 0.0288. The Morgan fingerprint density at radius 1 is 1.28 bits per heavy atom. The number of fused-ring (bicyclic) bond motifs is 3. The van der Waals surface area contributed by atoms with Gasteiger partial charge in [-0.15, -0.1) is 16.4 Å². The average Bonchev–Trinajstić information content (AvgIpc) is 3.30. The molecule has 0 aliphatic heterocycles. The highest BCUT2D eigenvalue weighted by molar-refractivity contribution is 7.20. The number of rotatable bonds is 4. The summed E-state index contributed by atoms with van der Waals surface area (Å²) >= 11 is 1.20. The first-order valence-corrected chi connectivity index (χ1v) is 9.42. The average molecular weight is 424 g/mol. The molecule has 0 aromatic carbocycles. The normalized spacial score (nSPS) is 12.2. The summed E-state index contributed by atoms with van der Waals surface area (Å²) in [7, 11) is 0. The van der Waals surface area contributed by atoms with Crippen molar-refractivity contribution in [2.24, 2.45) is 0 Å². The third kappa shape index (κ3) is 3.33. The maximum Gasteiger partial charge on any atom is 0.435 e. The van der Waals surface area contributed by atoms with Gasteiger partial charge in [0.2, 0.25) is 0 Å². The zero-order chi connectivity index (χ0) is 20.9. The van der Waals surface area contributed by atoms with Crippen molar-refractivity contribution in [2.45, 2.75) is 33.5 Å². The lowest BCUT2D eigenvalue weighted by Crippen LogP contribution is -2.09.